The van der Waals surface area contributed by atoms with E-state index < -0.39 is 0 Å². The number of benzene rings is 1. The van der Waals surface area contributed by atoms with Gasteiger partial charge in [0.05, 0.1) is 6.54 Å². The Labute approximate surface area is 146 Å². The van der Waals surface area contributed by atoms with Crippen LogP contribution < -0.4 is 20.1 Å². The van der Waals surface area contributed by atoms with Crippen LogP contribution in [-0.2, 0) is 11.3 Å². The zero-order chi connectivity index (χ0) is 16.9. The van der Waals surface area contributed by atoms with E-state index in [4.69, 9.17) is 15.2 Å². The maximum Gasteiger partial charge on any atom is 0.227 e. The Bertz CT molecular complexity index is 686. The Morgan fingerprint density at radius 3 is 2.79 bits per heavy atom. The highest BCUT2D eigenvalue weighted by Crippen LogP contribution is 2.35. The van der Waals surface area contributed by atoms with Crippen molar-refractivity contribution in [2.45, 2.75) is 32.4 Å². The van der Waals surface area contributed by atoms with E-state index in [1.54, 1.807) is 16.2 Å². The first-order chi connectivity index (χ1) is 11.6. The van der Waals surface area contributed by atoms with E-state index >= 15 is 0 Å². The summed E-state index contributed by atoms with van der Waals surface area (Å²) in [5.41, 5.74) is 6.62. The lowest BCUT2D eigenvalue weighted by molar-refractivity contribution is -0.118. The van der Waals surface area contributed by atoms with Gasteiger partial charge in [-0.2, -0.15) is 0 Å². The molecule has 2 aromatic rings. The third kappa shape index (κ3) is 4.07. The highest BCUT2D eigenvalue weighted by Gasteiger charge is 2.20. The molecule has 128 valence electrons. The molecule has 0 fully saturated rings. The molecule has 2 N–H and O–H groups in total. The van der Waals surface area contributed by atoms with Crippen molar-refractivity contribution >= 4 is 22.9 Å². The van der Waals surface area contributed by atoms with Crippen LogP contribution in [0.15, 0.2) is 35.7 Å². The third-order valence-corrected chi connectivity index (χ3v) is 4.71. The molecule has 0 radical (unpaired) electrons. The normalized spacial score (nSPS) is 14.2. The fourth-order valence-electron chi connectivity index (χ4n) is 2.57. The molecule has 0 saturated carbocycles. The van der Waals surface area contributed by atoms with E-state index in [-0.39, 0.29) is 11.9 Å². The predicted molar refractivity (Wildman–Crippen MR) is 95.8 cm³/mol. The summed E-state index contributed by atoms with van der Waals surface area (Å²) < 4.78 is 11.2. The van der Waals surface area contributed by atoms with Crippen molar-refractivity contribution in [3.63, 3.8) is 0 Å². The molecule has 0 bridgehead atoms. The van der Waals surface area contributed by atoms with E-state index in [0.29, 0.717) is 38.3 Å². The van der Waals surface area contributed by atoms with Gasteiger partial charge in [0.1, 0.15) is 13.2 Å². The van der Waals surface area contributed by atoms with Gasteiger partial charge in [-0.1, -0.05) is 6.07 Å². The Morgan fingerprint density at radius 2 is 2.08 bits per heavy atom. The topological polar surface area (TPSA) is 64.8 Å². The largest absolute Gasteiger partial charge is 0.486 e. The van der Waals surface area contributed by atoms with Crippen LogP contribution in [0, 0.1) is 0 Å². The van der Waals surface area contributed by atoms with Gasteiger partial charge in [-0.3, -0.25) is 4.79 Å². The van der Waals surface area contributed by atoms with E-state index in [0.717, 1.165) is 16.3 Å². The van der Waals surface area contributed by atoms with Crippen molar-refractivity contribution in [1.29, 1.82) is 0 Å². The zero-order valence-corrected chi connectivity index (χ0v) is 14.6. The molecule has 2 heterocycles. The summed E-state index contributed by atoms with van der Waals surface area (Å²) in [4.78, 5) is 15.7. The number of thiophene rings is 1. The molecule has 5 nitrogen and oxygen atoms in total. The van der Waals surface area contributed by atoms with Gasteiger partial charge in [-0.05, 0) is 36.9 Å². The summed E-state index contributed by atoms with van der Waals surface area (Å²) in [6, 6.07) is 9.70. The van der Waals surface area contributed by atoms with E-state index in [1.807, 2.05) is 42.6 Å². The number of hydrogen-bond donors (Lipinski definition) is 1. The molecular weight excluding hydrogens is 324 g/mol. The molecule has 24 heavy (non-hydrogen) atoms. The van der Waals surface area contributed by atoms with E-state index in [2.05, 4.69) is 0 Å². The van der Waals surface area contributed by atoms with E-state index in [1.165, 1.54) is 0 Å². The van der Waals surface area contributed by atoms with Gasteiger partial charge >= 0.3 is 0 Å². The molecule has 1 aromatic heterocycles. The van der Waals surface area contributed by atoms with Gasteiger partial charge in [0.25, 0.3) is 0 Å². The number of anilines is 1. The number of amides is 1. The standard InChI is InChI=1S/C18H22N2O3S/c1-13(19)4-7-18(21)20(12-15-3-2-10-24-15)14-5-6-16-17(11-14)23-9-8-22-16/h2-3,5-6,10-11,13H,4,7-9,12,19H2,1H3. The fraction of sp³-hybridized carbons (Fsp3) is 0.389. The molecule has 1 aromatic carbocycles. The zero-order valence-electron chi connectivity index (χ0n) is 13.7. The summed E-state index contributed by atoms with van der Waals surface area (Å²) >= 11 is 1.64. The lowest BCUT2D eigenvalue weighted by atomic mass is 10.1. The highest BCUT2D eigenvalue weighted by atomic mass is 32.1. The molecule has 0 spiro atoms. The lowest BCUT2D eigenvalue weighted by Crippen LogP contribution is -2.31. The monoisotopic (exact) mass is 346 g/mol. The van der Waals surface area contributed by atoms with Gasteiger partial charge in [-0.15, -0.1) is 11.3 Å². The van der Waals surface area contributed by atoms with Crippen molar-refractivity contribution < 1.29 is 14.3 Å². The number of hydrogen-bond acceptors (Lipinski definition) is 5. The van der Waals surface area contributed by atoms with Crippen LogP contribution in [0.2, 0.25) is 0 Å². The Morgan fingerprint density at radius 1 is 1.29 bits per heavy atom. The second-order valence-electron chi connectivity index (χ2n) is 5.90. The van der Waals surface area contributed by atoms with Crippen molar-refractivity contribution in [3.8, 4) is 11.5 Å². The molecule has 1 aliphatic heterocycles. The Kier molecular flexibility index (Phi) is 5.37. The van der Waals surface area contributed by atoms with Crippen LogP contribution in [0.5, 0.6) is 11.5 Å². The molecule has 3 rings (SSSR count). The van der Waals surface area contributed by atoms with Crippen molar-refractivity contribution in [1.82, 2.24) is 0 Å². The molecule has 1 atom stereocenters. The van der Waals surface area contributed by atoms with Crippen molar-refractivity contribution in [3.05, 3.63) is 40.6 Å². The number of nitrogens with zero attached hydrogens (tertiary/aromatic N) is 1. The van der Waals surface area contributed by atoms with Crippen LogP contribution in [0.25, 0.3) is 0 Å². The molecule has 0 aliphatic carbocycles. The molecule has 1 amide bonds. The third-order valence-electron chi connectivity index (χ3n) is 3.85. The second-order valence-corrected chi connectivity index (χ2v) is 6.94. The second kappa shape index (κ2) is 7.68. The average molecular weight is 346 g/mol. The molecular formula is C18H22N2O3S. The van der Waals surface area contributed by atoms with Crippen LogP contribution in [0.1, 0.15) is 24.6 Å². The first kappa shape index (κ1) is 16.8. The quantitative estimate of drug-likeness (QED) is 0.872. The Balaban J connectivity index is 1.84. The molecule has 0 saturated heterocycles. The van der Waals surface area contributed by atoms with Gasteiger partial charge in [0, 0.05) is 29.1 Å². The number of carbonyl (C=O) groups excluding carboxylic acids is 1. The number of rotatable bonds is 6. The summed E-state index contributed by atoms with van der Waals surface area (Å²) in [6.45, 7) is 3.55. The Hall–Kier alpha value is -2.05. The predicted octanol–water partition coefficient (Wildman–Crippen LogP) is 3.18. The number of carbonyl (C=O) groups is 1. The summed E-state index contributed by atoms with van der Waals surface area (Å²) in [5, 5.41) is 2.02. The summed E-state index contributed by atoms with van der Waals surface area (Å²) in [6.07, 6.45) is 1.10. The number of fused-ring (bicyclic) bond motifs is 1. The minimum atomic E-state index is 0.0119. The van der Waals surface area contributed by atoms with Gasteiger partial charge < -0.3 is 20.1 Å². The number of nitrogens with two attached hydrogens (primary N) is 1. The molecule has 1 unspecified atom stereocenters. The minimum absolute atomic E-state index is 0.0119. The summed E-state index contributed by atoms with van der Waals surface area (Å²) in [5.74, 6) is 1.48. The van der Waals surface area contributed by atoms with Crippen LogP contribution in [0.4, 0.5) is 5.69 Å². The van der Waals surface area contributed by atoms with E-state index in [9.17, 15) is 4.79 Å². The molecule has 6 heteroatoms. The molecule has 1 aliphatic rings. The maximum absolute atomic E-state index is 12.7. The highest BCUT2D eigenvalue weighted by molar-refractivity contribution is 7.09. The minimum Gasteiger partial charge on any atom is -0.486 e. The first-order valence-corrected chi connectivity index (χ1v) is 8.99. The summed E-state index contributed by atoms with van der Waals surface area (Å²) in [7, 11) is 0. The average Bonchev–Trinajstić information content (AvgIpc) is 3.10. The number of ether oxygens (including phenoxy) is 2. The fourth-order valence-corrected chi connectivity index (χ4v) is 3.26. The van der Waals surface area contributed by atoms with Crippen LogP contribution in [0.3, 0.4) is 0 Å². The van der Waals surface area contributed by atoms with Gasteiger partial charge in [0.2, 0.25) is 5.91 Å². The van der Waals surface area contributed by atoms with Gasteiger partial charge in [0.15, 0.2) is 11.5 Å². The van der Waals surface area contributed by atoms with Gasteiger partial charge in [-0.25, -0.2) is 0 Å². The van der Waals surface area contributed by atoms with Crippen LogP contribution in [-0.4, -0.2) is 25.2 Å². The SMILES string of the molecule is CC(N)CCC(=O)N(Cc1cccs1)c1ccc2c(c1)OCCO2. The lowest BCUT2D eigenvalue weighted by Gasteiger charge is -2.25. The maximum atomic E-state index is 12.7. The smallest absolute Gasteiger partial charge is 0.227 e. The van der Waals surface area contributed by atoms with Crippen molar-refractivity contribution in [2.75, 3.05) is 18.1 Å². The van der Waals surface area contributed by atoms with Crippen LogP contribution >= 0.6 is 11.3 Å². The van der Waals surface area contributed by atoms with Crippen molar-refractivity contribution in [2.24, 2.45) is 5.73 Å². The first-order valence-electron chi connectivity index (χ1n) is 8.11.